The molecule has 0 spiro atoms. The van der Waals surface area contributed by atoms with Crippen LogP contribution < -0.4 is 14.4 Å². The molecule has 0 radical (unpaired) electrons. The maximum Gasteiger partial charge on any atom is 0.162 e. The lowest BCUT2D eigenvalue weighted by atomic mass is 9.79. The van der Waals surface area contributed by atoms with Gasteiger partial charge in [-0.3, -0.25) is 0 Å². The quantitative estimate of drug-likeness (QED) is 0.371. The second-order valence-electron chi connectivity index (χ2n) is 11.0. The van der Waals surface area contributed by atoms with Crippen LogP contribution in [-0.2, 0) is 19.4 Å². The maximum atomic E-state index is 9.95. The van der Waals surface area contributed by atoms with Crippen LogP contribution in [0.5, 0.6) is 17.2 Å². The van der Waals surface area contributed by atoms with Crippen molar-refractivity contribution in [1.29, 1.82) is 0 Å². The second-order valence-corrected chi connectivity index (χ2v) is 11.0. The SMILES string of the molecule is CCN(Cc1ccc(C2CCN(C)CC2)cc1)c1cc(OC)c(OC)cc1[C@@H]1CCc2cc(O)ccc2C1. The Bertz CT molecular complexity index is 1230. The molecule has 0 unspecified atom stereocenters. The zero-order valence-electron chi connectivity index (χ0n) is 23.4. The van der Waals surface area contributed by atoms with Gasteiger partial charge in [-0.1, -0.05) is 30.3 Å². The molecular formula is C33H42N2O3. The van der Waals surface area contributed by atoms with E-state index >= 15 is 0 Å². The molecule has 5 heteroatoms. The van der Waals surface area contributed by atoms with Gasteiger partial charge < -0.3 is 24.4 Å². The summed E-state index contributed by atoms with van der Waals surface area (Å²) in [6, 6.07) is 19.5. The van der Waals surface area contributed by atoms with E-state index in [9.17, 15) is 5.11 Å². The van der Waals surface area contributed by atoms with Gasteiger partial charge in [-0.15, -0.1) is 0 Å². The van der Waals surface area contributed by atoms with E-state index in [1.54, 1.807) is 14.2 Å². The Hall–Kier alpha value is -3.18. The number of benzene rings is 3. The predicted octanol–water partition coefficient (Wildman–Crippen LogP) is 6.52. The summed E-state index contributed by atoms with van der Waals surface area (Å²) in [5.74, 6) is 2.96. The zero-order chi connectivity index (χ0) is 26.6. The molecule has 202 valence electrons. The van der Waals surface area contributed by atoms with E-state index in [1.807, 2.05) is 12.1 Å². The maximum absolute atomic E-state index is 9.95. The van der Waals surface area contributed by atoms with Crippen molar-refractivity contribution in [2.45, 2.75) is 57.4 Å². The van der Waals surface area contributed by atoms with Crippen LogP contribution in [0.2, 0.25) is 0 Å². The summed E-state index contributed by atoms with van der Waals surface area (Å²) >= 11 is 0. The van der Waals surface area contributed by atoms with Crippen LogP contribution in [0.15, 0.2) is 54.6 Å². The van der Waals surface area contributed by atoms with E-state index in [4.69, 9.17) is 9.47 Å². The normalized spacial score (nSPS) is 18.2. The van der Waals surface area contributed by atoms with Gasteiger partial charge in [-0.25, -0.2) is 0 Å². The average Bonchev–Trinajstić information content (AvgIpc) is 2.95. The van der Waals surface area contributed by atoms with Gasteiger partial charge in [0, 0.05) is 24.8 Å². The van der Waals surface area contributed by atoms with Crippen molar-refractivity contribution in [2.75, 3.05) is 45.8 Å². The smallest absolute Gasteiger partial charge is 0.162 e. The molecule has 1 aliphatic heterocycles. The number of fused-ring (bicyclic) bond motifs is 1. The van der Waals surface area contributed by atoms with Gasteiger partial charge in [-0.2, -0.15) is 0 Å². The van der Waals surface area contributed by atoms with Crippen LogP contribution in [0.25, 0.3) is 0 Å². The third-order valence-corrected chi connectivity index (χ3v) is 8.66. The Balaban J connectivity index is 1.42. The van der Waals surface area contributed by atoms with Crippen molar-refractivity contribution in [1.82, 2.24) is 4.90 Å². The summed E-state index contributed by atoms with van der Waals surface area (Å²) in [4.78, 5) is 4.90. The second kappa shape index (κ2) is 11.7. The predicted molar refractivity (Wildman–Crippen MR) is 155 cm³/mol. The Kier molecular flexibility index (Phi) is 8.13. The Morgan fingerprint density at radius 2 is 1.58 bits per heavy atom. The van der Waals surface area contributed by atoms with Crippen molar-refractivity contribution in [2.24, 2.45) is 0 Å². The summed E-state index contributed by atoms with van der Waals surface area (Å²) in [6.07, 6.45) is 5.46. The minimum atomic E-state index is 0.355. The molecule has 1 N–H and O–H groups in total. The number of hydrogen-bond donors (Lipinski definition) is 1. The molecule has 5 rings (SSSR count). The highest BCUT2D eigenvalue weighted by atomic mass is 16.5. The van der Waals surface area contributed by atoms with Crippen molar-refractivity contribution in [3.05, 3.63) is 82.4 Å². The lowest BCUT2D eigenvalue weighted by molar-refractivity contribution is 0.255. The van der Waals surface area contributed by atoms with Gasteiger partial charge in [0.2, 0.25) is 0 Å². The molecule has 1 aliphatic carbocycles. The van der Waals surface area contributed by atoms with E-state index in [0.717, 1.165) is 43.9 Å². The van der Waals surface area contributed by atoms with Crippen molar-refractivity contribution >= 4 is 5.69 Å². The number of ether oxygens (including phenoxy) is 2. The third kappa shape index (κ3) is 5.63. The molecule has 5 nitrogen and oxygen atoms in total. The molecule has 1 saturated heterocycles. The molecule has 0 saturated carbocycles. The molecule has 0 amide bonds. The highest BCUT2D eigenvalue weighted by Crippen LogP contribution is 2.43. The van der Waals surface area contributed by atoms with E-state index in [0.29, 0.717) is 17.6 Å². The first kappa shape index (κ1) is 26.4. The molecule has 1 heterocycles. The van der Waals surface area contributed by atoms with Crippen molar-refractivity contribution in [3.63, 3.8) is 0 Å². The number of hydrogen-bond acceptors (Lipinski definition) is 5. The molecule has 1 atom stereocenters. The summed E-state index contributed by atoms with van der Waals surface area (Å²) in [7, 11) is 5.64. The van der Waals surface area contributed by atoms with Gasteiger partial charge >= 0.3 is 0 Å². The van der Waals surface area contributed by atoms with Gasteiger partial charge in [0.1, 0.15) is 5.75 Å². The van der Waals surface area contributed by atoms with E-state index in [-0.39, 0.29) is 0 Å². The van der Waals surface area contributed by atoms with Crippen LogP contribution in [0.4, 0.5) is 5.69 Å². The van der Waals surface area contributed by atoms with Crippen molar-refractivity contribution in [3.8, 4) is 17.2 Å². The summed E-state index contributed by atoms with van der Waals surface area (Å²) in [5, 5.41) is 9.95. The number of anilines is 1. The Morgan fingerprint density at radius 1 is 0.868 bits per heavy atom. The van der Waals surface area contributed by atoms with E-state index in [1.165, 1.54) is 59.4 Å². The third-order valence-electron chi connectivity index (χ3n) is 8.66. The monoisotopic (exact) mass is 514 g/mol. The first-order chi connectivity index (χ1) is 18.5. The molecule has 3 aromatic rings. The minimum Gasteiger partial charge on any atom is -0.508 e. The lowest BCUT2D eigenvalue weighted by Gasteiger charge is -2.32. The highest BCUT2D eigenvalue weighted by molar-refractivity contribution is 5.64. The van der Waals surface area contributed by atoms with Crippen molar-refractivity contribution < 1.29 is 14.6 Å². The topological polar surface area (TPSA) is 45.2 Å². The minimum absolute atomic E-state index is 0.355. The molecule has 0 bridgehead atoms. The van der Waals surface area contributed by atoms with Gasteiger partial charge in [0.25, 0.3) is 0 Å². The Labute approximate surface area is 228 Å². The highest BCUT2D eigenvalue weighted by Gasteiger charge is 2.26. The number of likely N-dealkylation sites (tertiary alicyclic amines) is 1. The van der Waals surface area contributed by atoms with Crippen LogP contribution in [-0.4, -0.2) is 50.9 Å². The first-order valence-electron chi connectivity index (χ1n) is 14.1. The number of nitrogens with zero attached hydrogens (tertiary/aromatic N) is 2. The summed E-state index contributed by atoms with van der Waals surface area (Å²) in [6.45, 7) is 6.35. The average molecular weight is 515 g/mol. The Morgan fingerprint density at radius 3 is 2.26 bits per heavy atom. The zero-order valence-corrected chi connectivity index (χ0v) is 23.4. The van der Waals surface area contributed by atoms with Crippen LogP contribution in [0.1, 0.15) is 65.8 Å². The number of piperidine rings is 1. The van der Waals surface area contributed by atoms with Gasteiger partial charge in [0.15, 0.2) is 11.5 Å². The summed E-state index contributed by atoms with van der Waals surface area (Å²) < 4.78 is 11.5. The number of aryl methyl sites for hydroxylation is 1. The van der Waals surface area contributed by atoms with Crippen LogP contribution >= 0.6 is 0 Å². The standard InChI is InChI=1S/C33H42N2O3/c1-5-35(22-23-6-8-24(9-7-23)25-14-16-34(2)17-15-25)31-21-33(38-4)32(37-3)20-30(31)28-11-10-27-19-29(36)13-12-26(27)18-28/h6-9,12-13,19-21,25,28,36H,5,10-11,14-18,22H2,1-4H3/t28-/m1/s1. The molecular weight excluding hydrogens is 472 g/mol. The number of rotatable bonds is 8. The molecule has 0 aromatic heterocycles. The molecule has 38 heavy (non-hydrogen) atoms. The van der Waals surface area contributed by atoms with E-state index in [2.05, 4.69) is 66.2 Å². The molecule has 2 aliphatic rings. The fourth-order valence-electron chi connectivity index (χ4n) is 6.32. The van der Waals surface area contributed by atoms with E-state index < -0.39 is 0 Å². The number of phenolic OH excluding ortho intramolecular Hbond substituents is 1. The number of methoxy groups -OCH3 is 2. The van der Waals surface area contributed by atoms with Crippen LogP contribution in [0, 0.1) is 0 Å². The summed E-state index contributed by atoms with van der Waals surface area (Å²) in [5.41, 5.74) is 7.92. The first-order valence-corrected chi connectivity index (χ1v) is 14.1. The molecule has 3 aromatic carbocycles. The molecule has 1 fully saturated rings. The van der Waals surface area contributed by atoms with Gasteiger partial charge in [0.05, 0.1) is 14.2 Å². The number of aromatic hydroxyl groups is 1. The van der Waals surface area contributed by atoms with Crippen LogP contribution in [0.3, 0.4) is 0 Å². The lowest BCUT2D eigenvalue weighted by Crippen LogP contribution is -2.29. The van der Waals surface area contributed by atoms with Gasteiger partial charge in [-0.05, 0) is 117 Å². The fourth-order valence-corrected chi connectivity index (χ4v) is 6.32. The largest absolute Gasteiger partial charge is 0.508 e. The fraction of sp³-hybridized carbons (Fsp3) is 0.455. The number of phenols is 1.